The third kappa shape index (κ3) is 5.00. The number of aromatic nitrogens is 2. The second-order valence-electron chi connectivity index (χ2n) is 6.79. The molecule has 4 rings (SSSR count). The summed E-state index contributed by atoms with van der Waals surface area (Å²) in [7, 11) is 0. The molecule has 166 valence electrons. The summed E-state index contributed by atoms with van der Waals surface area (Å²) in [6.07, 6.45) is 0. The van der Waals surface area contributed by atoms with Crippen molar-refractivity contribution in [3.8, 4) is 5.69 Å². The first-order valence-electron chi connectivity index (χ1n) is 9.48. The van der Waals surface area contributed by atoms with Gasteiger partial charge in [0.05, 0.1) is 38.0 Å². The van der Waals surface area contributed by atoms with E-state index in [1.165, 1.54) is 16.7 Å². The Bertz CT molecular complexity index is 1460. The molecule has 0 fully saturated rings. The monoisotopic (exact) mass is 500 g/mol. The van der Waals surface area contributed by atoms with Crippen molar-refractivity contribution < 1.29 is 9.72 Å². The first-order valence-corrected chi connectivity index (χ1v) is 11.2. The number of nitrogens with zero attached hydrogens (tertiary/aromatic N) is 3. The van der Waals surface area contributed by atoms with E-state index in [2.05, 4.69) is 10.3 Å². The van der Waals surface area contributed by atoms with Crippen molar-refractivity contribution in [2.75, 3.05) is 11.1 Å². The number of benzene rings is 3. The Labute approximate surface area is 201 Å². The van der Waals surface area contributed by atoms with Gasteiger partial charge < -0.3 is 5.32 Å². The van der Waals surface area contributed by atoms with Crippen LogP contribution in [0, 0.1) is 10.1 Å². The maximum absolute atomic E-state index is 13.2. The third-order valence-corrected chi connectivity index (χ3v) is 6.07. The van der Waals surface area contributed by atoms with Gasteiger partial charge in [0.1, 0.15) is 0 Å². The van der Waals surface area contributed by atoms with E-state index in [9.17, 15) is 19.7 Å². The topological polar surface area (TPSA) is 107 Å². The molecular formula is C22H14Cl2N4O4S. The molecule has 0 aliphatic carbocycles. The highest BCUT2D eigenvalue weighted by Crippen LogP contribution is 2.27. The Morgan fingerprint density at radius 2 is 1.88 bits per heavy atom. The number of thioether (sulfide) groups is 1. The number of halogens is 2. The minimum atomic E-state index is -0.576. The van der Waals surface area contributed by atoms with E-state index < -0.39 is 10.8 Å². The highest BCUT2D eigenvalue weighted by atomic mass is 35.5. The van der Waals surface area contributed by atoms with Crippen LogP contribution in [0.4, 0.5) is 11.4 Å². The Kier molecular flexibility index (Phi) is 6.64. The van der Waals surface area contributed by atoms with E-state index in [1.54, 1.807) is 48.5 Å². The highest BCUT2D eigenvalue weighted by molar-refractivity contribution is 7.99. The van der Waals surface area contributed by atoms with E-state index in [1.807, 2.05) is 0 Å². The van der Waals surface area contributed by atoms with Gasteiger partial charge in [-0.25, -0.2) is 4.98 Å². The Hall–Kier alpha value is -3.40. The molecule has 33 heavy (non-hydrogen) atoms. The Balaban J connectivity index is 1.63. The summed E-state index contributed by atoms with van der Waals surface area (Å²) in [5.41, 5.74) is 0.795. The van der Waals surface area contributed by atoms with Gasteiger partial charge in [-0.1, -0.05) is 53.2 Å². The lowest BCUT2D eigenvalue weighted by Crippen LogP contribution is -2.23. The number of rotatable bonds is 6. The van der Waals surface area contributed by atoms with Gasteiger partial charge in [0.2, 0.25) is 5.91 Å². The molecule has 0 radical (unpaired) electrons. The molecule has 0 unspecified atom stereocenters. The summed E-state index contributed by atoms with van der Waals surface area (Å²) in [5, 5.41) is 14.7. The summed E-state index contributed by atoms with van der Waals surface area (Å²) in [5.74, 6) is -0.505. The van der Waals surface area contributed by atoms with E-state index in [0.717, 1.165) is 17.8 Å². The lowest BCUT2D eigenvalue weighted by Gasteiger charge is -2.13. The predicted molar refractivity (Wildman–Crippen MR) is 130 cm³/mol. The first kappa shape index (κ1) is 22.8. The summed E-state index contributed by atoms with van der Waals surface area (Å²) < 4.78 is 1.41. The maximum Gasteiger partial charge on any atom is 0.271 e. The molecule has 0 aliphatic rings. The molecule has 3 aromatic carbocycles. The summed E-state index contributed by atoms with van der Waals surface area (Å²) in [4.78, 5) is 40.6. The van der Waals surface area contributed by atoms with Crippen LogP contribution in [0.1, 0.15) is 0 Å². The van der Waals surface area contributed by atoms with Crippen molar-refractivity contribution in [3.63, 3.8) is 0 Å². The third-order valence-electron chi connectivity index (χ3n) is 4.58. The van der Waals surface area contributed by atoms with Crippen LogP contribution in [-0.2, 0) is 4.79 Å². The number of non-ortho nitro benzene ring substituents is 1. The Morgan fingerprint density at radius 3 is 2.61 bits per heavy atom. The SMILES string of the molecule is O=C(CSc1nc2ccccc2c(=O)n1-c1cccc(Cl)c1)Nc1ccc([N+](=O)[O-])cc1Cl. The first-order chi connectivity index (χ1) is 15.8. The lowest BCUT2D eigenvalue weighted by atomic mass is 10.2. The van der Waals surface area contributed by atoms with Crippen LogP contribution < -0.4 is 10.9 Å². The van der Waals surface area contributed by atoms with E-state index in [-0.39, 0.29) is 27.7 Å². The highest BCUT2D eigenvalue weighted by Gasteiger charge is 2.16. The molecule has 4 aromatic rings. The van der Waals surface area contributed by atoms with Crippen LogP contribution in [-0.4, -0.2) is 26.1 Å². The molecule has 1 amide bonds. The number of para-hydroxylation sites is 1. The standard InChI is InChI=1S/C22H14Cl2N4O4S/c23-13-4-3-5-14(10-13)27-21(30)16-6-1-2-7-18(16)26-22(27)33-12-20(29)25-19-9-8-15(28(31)32)11-17(19)24/h1-11H,12H2,(H,25,29). The van der Waals surface area contributed by atoms with Gasteiger partial charge in [0.15, 0.2) is 5.16 Å². The van der Waals surface area contributed by atoms with Gasteiger partial charge in [0, 0.05) is 17.2 Å². The number of fused-ring (bicyclic) bond motifs is 1. The molecular weight excluding hydrogens is 487 g/mol. The van der Waals surface area contributed by atoms with Crippen molar-refractivity contribution >= 4 is 63.1 Å². The zero-order chi connectivity index (χ0) is 23.5. The van der Waals surface area contributed by atoms with Crippen molar-refractivity contribution in [1.29, 1.82) is 0 Å². The fraction of sp³-hybridized carbons (Fsp3) is 0.0455. The second kappa shape index (κ2) is 9.62. The van der Waals surface area contributed by atoms with Crippen LogP contribution in [0.15, 0.2) is 76.7 Å². The number of hydrogen-bond donors (Lipinski definition) is 1. The van der Waals surface area contributed by atoms with Crippen molar-refractivity contribution in [2.45, 2.75) is 5.16 Å². The minimum Gasteiger partial charge on any atom is -0.324 e. The number of nitro benzene ring substituents is 1. The van der Waals surface area contributed by atoms with Crippen LogP contribution in [0.3, 0.4) is 0 Å². The fourth-order valence-corrected chi connectivity index (χ4v) is 4.31. The van der Waals surface area contributed by atoms with Gasteiger partial charge in [-0.3, -0.25) is 24.3 Å². The van der Waals surface area contributed by atoms with Crippen molar-refractivity contribution in [3.05, 3.63) is 97.2 Å². The average Bonchev–Trinajstić information content (AvgIpc) is 2.79. The summed E-state index contributed by atoms with van der Waals surface area (Å²) >= 11 is 13.2. The number of carbonyl (C=O) groups excluding carboxylic acids is 1. The van der Waals surface area contributed by atoms with E-state index >= 15 is 0 Å². The van der Waals surface area contributed by atoms with Gasteiger partial charge in [-0.05, 0) is 36.4 Å². The molecule has 1 N–H and O–H groups in total. The number of hydrogen-bond acceptors (Lipinski definition) is 6. The zero-order valence-electron chi connectivity index (χ0n) is 16.7. The van der Waals surface area contributed by atoms with Crippen molar-refractivity contribution in [1.82, 2.24) is 9.55 Å². The van der Waals surface area contributed by atoms with Crippen LogP contribution >= 0.6 is 35.0 Å². The van der Waals surface area contributed by atoms with Gasteiger partial charge in [-0.15, -0.1) is 0 Å². The van der Waals surface area contributed by atoms with E-state index in [0.29, 0.717) is 26.8 Å². The zero-order valence-corrected chi connectivity index (χ0v) is 19.0. The quantitative estimate of drug-likeness (QED) is 0.166. The van der Waals surface area contributed by atoms with Crippen LogP contribution in [0.5, 0.6) is 0 Å². The number of anilines is 1. The number of carbonyl (C=O) groups is 1. The molecule has 0 aliphatic heterocycles. The van der Waals surface area contributed by atoms with Crippen LogP contribution in [0.2, 0.25) is 10.0 Å². The summed E-state index contributed by atoms with van der Waals surface area (Å²) in [6, 6.07) is 17.5. The summed E-state index contributed by atoms with van der Waals surface area (Å²) in [6.45, 7) is 0. The Morgan fingerprint density at radius 1 is 1.09 bits per heavy atom. The van der Waals surface area contributed by atoms with E-state index in [4.69, 9.17) is 23.2 Å². The molecule has 8 nitrogen and oxygen atoms in total. The molecule has 0 saturated carbocycles. The molecule has 1 heterocycles. The smallest absolute Gasteiger partial charge is 0.271 e. The number of nitro groups is 1. The van der Waals surface area contributed by atoms with Gasteiger partial charge in [-0.2, -0.15) is 0 Å². The predicted octanol–water partition coefficient (Wildman–Crippen LogP) is 5.33. The molecule has 11 heteroatoms. The normalized spacial score (nSPS) is 10.8. The molecule has 0 spiro atoms. The molecule has 0 atom stereocenters. The van der Waals surface area contributed by atoms with Gasteiger partial charge in [0.25, 0.3) is 11.2 Å². The molecule has 1 aromatic heterocycles. The average molecular weight is 501 g/mol. The minimum absolute atomic E-state index is 0.0437. The fourth-order valence-electron chi connectivity index (χ4n) is 3.09. The van der Waals surface area contributed by atoms with Crippen LogP contribution in [0.25, 0.3) is 16.6 Å². The van der Waals surface area contributed by atoms with Gasteiger partial charge >= 0.3 is 0 Å². The number of nitrogens with one attached hydrogen (secondary N) is 1. The van der Waals surface area contributed by atoms with Crippen molar-refractivity contribution in [2.24, 2.45) is 0 Å². The number of amides is 1. The maximum atomic E-state index is 13.2. The molecule has 0 saturated heterocycles. The second-order valence-corrected chi connectivity index (χ2v) is 8.58. The lowest BCUT2D eigenvalue weighted by molar-refractivity contribution is -0.384. The molecule has 0 bridgehead atoms. The largest absolute Gasteiger partial charge is 0.324 e.